The summed E-state index contributed by atoms with van der Waals surface area (Å²) in [4.78, 5) is 0. The lowest BCUT2D eigenvalue weighted by Gasteiger charge is -2.05. The van der Waals surface area contributed by atoms with Gasteiger partial charge in [0.1, 0.15) is 0 Å². The van der Waals surface area contributed by atoms with Gasteiger partial charge in [0, 0.05) is 10.7 Å². The minimum Gasteiger partial charge on any atom is -0.380 e. The van der Waals surface area contributed by atoms with Gasteiger partial charge in [-0.3, -0.25) is 0 Å². The van der Waals surface area contributed by atoms with Gasteiger partial charge in [-0.1, -0.05) is 0 Å². The lowest BCUT2D eigenvalue weighted by molar-refractivity contribution is -0.144. The van der Waals surface area contributed by atoms with E-state index in [1.807, 2.05) is 0 Å². The molecule has 0 heterocycles. The molecule has 0 unspecified atom stereocenters. The molecule has 0 radical (unpaired) electrons. The highest BCUT2D eigenvalue weighted by atomic mass is 35.7. The number of hydrogen-bond acceptors (Lipinski definition) is 3. The SMILES string of the molecule is O=S(=O)(Cl)CCOCCC(F)(F)F. The molecule has 0 N–H and O–H groups in total. The van der Waals surface area contributed by atoms with E-state index in [0.29, 0.717) is 0 Å². The summed E-state index contributed by atoms with van der Waals surface area (Å²) in [6, 6.07) is 0. The molecule has 0 aliphatic heterocycles. The molecule has 0 fully saturated rings. The molecule has 0 spiro atoms. The van der Waals surface area contributed by atoms with Gasteiger partial charge in [-0.25, -0.2) is 8.42 Å². The molecule has 3 nitrogen and oxygen atoms in total. The normalized spacial score (nSPS) is 13.2. The van der Waals surface area contributed by atoms with E-state index in [9.17, 15) is 21.6 Å². The highest BCUT2D eigenvalue weighted by Gasteiger charge is 2.26. The first kappa shape index (κ1) is 13.0. The molecule has 13 heavy (non-hydrogen) atoms. The van der Waals surface area contributed by atoms with Gasteiger partial charge in [-0.05, 0) is 0 Å². The van der Waals surface area contributed by atoms with Crippen LogP contribution < -0.4 is 0 Å². The van der Waals surface area contributed by atoms with E-state index >= 15 is 0 Å². The molecule has 0 atom stereocenters. The Balaban J connectivity index is 3.39. The maximum Gasteiger partial charge on any atom is 0.391 e. The van der Waals surface area contributed by atoms with Crippen LogP contribution in [-0.2, 0) is 13.8 Å². The summed E-state index contributed by atoms with van der Waals surface area (Å²) >= 11 is 0. The molecule has 0 rings (SSSR count). The zero-order valence-corrected chi connectivity index (χ0v) is 8.05. The van der Waals surface area contributed by atoms with Gasteiger partial charge in [0.2, 0.25) is 9.05 Å². The second kappa shape index (κ2) is 5.02. The van der Waals surface area contributed by atoms with E-state index in [4.69, 9.17) is 10.7 Å². The number of alkyl halides is 3. The number of halogens is 4. The fraction of sp³-hybridized carbons (Fsp3) is 1.00. The van der Waals surface area contributed by atoms with Crippen LogP contribution in [0.2, 0.25) is 0 Å². The summed E-state index contributed by atoms with van der Waals surface area (Å²) in [5, 5.41) is 0. The maximum absolute atomic E-state index is 11.5. The first-order chi connectivity index (χ1) is 5.71. The molecule has 0 aromatic rings. The molecule has 0 aliphatic carbocycles. The van der Waals surface area contributed by atoms with Gasteiger partial charge in [0.25, 0.3) is 0 Å². The molecular formula is C5H8ClF3O3S. The molecule has 80 valence electrons. The molecule has 0 amide bonds. The van der Waals surface area contributed by atoms with Gasteiger partial charge in [0.15, 0.2) is 0 Å². The average molecular weight is 241 g/mol. The summed E-state index contributed by atoms with van der Waals surface area (Å²) in [7, 11) is 1.10. The lowest BCUT2D eigenvalue weighted by Crippen LogP contribution is -2.14. The number of rotatable bonds is 5. The minimum absolute atomic E-state index is 0.318. The Bertz CT molecular complexity index is 236. The zero-order valence-electron chi connectivity index (χ0n) is 6.47. The van der Waals surface area contributed by atoms with Crippen molar-refractivity contribution in [1.82, 2.24) is 0 Å². The van der Waals surface area contributed by atoms with E-state index < -0.39 is 34.0 Å². The van der Waals surface area contributed by atoms with E-state index in [1.54, 1.807) is 0 Å². The smallest absolute Gasteiger partial charge is 0.380 e. The average Bonchev–Trinajstić information content (AvgIpc) is 1.81. The van der Waals surface area contributed by atoms with Crippen molar-refractivity contribution in [2.45, 2.75) is 12.6 Å². The first-order valence-electron chi connectivity index (χ1n) is 3.27. The van der Waals surface area contributed by atoms with Crippen LogP contribution >= 0.6 is 10.7 Å². The Labute approximate surface area is 78.2 Å². The Morgan fingerprint density at radius 3 is 2.15 bits per heavy atom. The first-order valence-corrected chi connectivity index (χ1v) is 5.75. The Morgan fingerprint density at radius 1 is 1.23 bits per heavy atom. The Kier molecular flexibility index (Phi) is 5.01. The van der Waals surface area contributed by atoms with Crippen LogP contribution in [0.4, 0.5) is 13.2 Å². The standard InChI is InChI=1S/C5H8ClF3O3S/c6-13(10,11)4-3-12-2-1-5(7,8)9/h1-4H2. The molecular weight excluding hydrogens is 233 g/mol. The topological polar surface area (TPSA) is 43.4 Å². The van der Waals surface area contributed by atoms with Crippen molar-refractivity contribution in [3.63, 3.8) is 0 Å². The van der Waals surface area contributed by atoms with Crippen molar-refractivity contribution in [3.05, 3.63) is 0 Å². The van der Waals surface area contributed by atoms with Gasteiger partial charge < -0.3 is 4.74 Å². The Hall–Kier alpha value is -0.0100. The van der Waals surface area contributed by atoms with Crippen LogP contribution in [0, 0.1) is 0 Å². The number of ether oxygens (including phenoxy) is 1. The van der Waals surface area contributed by atoms with Crippen molar-refractivity contribution in [3.8, 4) is 0 Å². The van der Waals surface area contributed by atoms with Gasteiger partial charge in [-0.2, -0.15) is 13.2 Å². The van der Waals surface area contributed by atoms with Crippen molar-refractivity contribution in [1.29, 1.82) is 0 Å². The monoisotopic (exact) mass is 240 g/mol. The largest absolute Gasteiger partial charge is 0.391 e. The van der Waals surface area contributed by atoms with Gasteiger partial charge in [0.05, 0.1) is 25.4 Å². The van der Waals surface area contributed by atoms with Crippen molar-refractivity contribution in [2.75, 3.05) is 19.0 Å². The highest BCUT2D eigenvalue weighted by Crippen LogP contribution is 2.18. The van der Waals surface area contributed by atoms with Crippen molar-refractivity contribution >= 4 is 19.7 Å². The van der Waals surface area contributed by atoms with Gasteiger partial charge in [-0.15, -0.1) is 0 Å². The highest BCUT2D eigenvalue weighted by molar-refractivity contribution is 8.13. The third-order valence-corrected chi connectivity index (χ3v) is 2.12. The summed E-state index contributed by atoms with van der Waals surface area (Å²) in [5.41, 5.74) is 0. The fourth-order valence-electron chi connectivity index (χ4n) is 0.448. The molecule has 0 aromatic heterocycles. The van der Waals surface area contributed by atoms with Crippen LogP contribution in [0.25, 0.3) is 0 Å². The van der Waals surface area contributed by atoms with Crippen molar-refractivity contribution < 1.29 is 26.3 Å². The molecule has 0 bridgehead atoms. The molecule has 8 heteroatoms. The third-order valence-electron chi connectivity index (χ3n) is 1.00. The summed E-state index contributed by atoms with van der Waals surface area (Å²) in [6.07, 6.45) is -5.37. The second-order valence-electron chi connectivity index (χ2n) is 2.22. The van der Waals surface area contributed by atoms with Crippen LogP contribution in [0.5, 0.6) is 0 Å². The minimum atomic E-state index is -4.28. The number of hydrogen-bond donors (Lipinski definition) is 0. The predicted molar refractivity (Wildman–Crippen MR) is 41.1 cm³/mol. The van der Waals surface area contributed by atoms with E-state index in [1.165, 1.54) is 0 Å². The summed E-state index contributed by atoms with van der Waals surface area (Å²) in [5.74, 6) is -0.480. The van der Waals surface area contributed by atoms with Crippen molar-refractivity contribution in [2.24, 2.45) is 0 Å². The van der Waals surface area contributed by atoms with E-state index in [2.05, 4.69) is 4.74 Å². The van der Waals surface area contributed by atoms with Crippen LogP contribution in [0.1, 0.15) is 6.42 Å². The molecule has 0 saturated heterocycles. The van der Waals surface area contributed by atoms with Crippen LogP contribution in [0.15, 0.2) is 0 Å². The quantitative estimate of drug-likeness (QED) is 0.541. The maximum atomic E-state index is 11.5. The third kappa shape index (κ3) is 12.0. The van der Waals surface area contributed by atoms with Crippen LogP contribution in [-0.4, -0.2) is 33.6 Å². The summed E-state index contributed by atoms with van der Waals surface area (Å²) < 4.78 is 59.4. The molecule has 0 aliphatic rings. The zero-order chi connectivity index (χ0) is 10.5. The van der Waals surface area contributed by atoms with E-state index in [0.717, 1.165) is 0 Å². The van der Waals surface area contributed by atoms with E-state index in [-0.39, 0.29) is 6.61 Å². The lowest BCUT2D eigenvalue weighted by atomic mass is 10.4. The summed E-state index contributed by atoms with van der Waals surface area (Å²) in [6.45, 7) is -0.863. The predicted octanol–water partition coefficient (Wildman–Crippen LogP) is 1.52. The molecule has 0 aromatic carbocycles. The van der Waals surface area contributed by atoms with Crippen LogP contribution in [0.3, 0.4) is 0 Å². The van der Waals surface area contributed by atoms with Gasteiger partial charge >= 0.3 is 6.18 Å². The Morgan fingerprint density at radius 2 is 1.77 bits per heavy atom. The second-order valence-corrected chi connectivity index (χ2v) is 5.12. The fourth-order valence-corrected chi connectivity index (χ4v) is 0.954. The molecule has 0 saturated carbocycles.